The van der Waals surface area contributed by atoms with Crippen LogP contribution in [0.5, 0.6) is 5.75 Å². The van der Waals surface area contributed by atoms with Crippen LogP contribution < -0.4 is 0 Å². The molecule has 7 rings (SSSR count). The molecule has 8 nitrogen and oxygen atoms in total. The number of ketones is 5. The lowest BCUT2D eigenvalue weighted by molar-refractivity contribution is -0.240. The van der Waals surface area contributed by atoms with E-state index >= 15 is 0 Å². The second-order valence-electron chi connectivity index (χ2n) is 16.0. The van der Waals surface area contributed by atoms with Crippen LogP contribution in [0.25, 0.3) is 16.7 Å². The minimum Gasteiger partial charge on any atom is -0.507 e. The van der Waals surface area contributed by atoms with Crippen molar-refractivity contribution in [1.29, 1.82) is 0 Å². The highest BCUT2D eigenvalue weighted by atomic mass is 16.3. The van der Waals surface area contributed by atoms with Gasteiger partial charge >= 0.3 is 0 Å². The number of rotatable bonds is 6. The van der Waals surface area contributed by atoms with Gasteiger partial charge in [0, 0.05) is 16.7 Å². The smallest absolute Gasteiger partial charge is 0.191 e. The van der Waals surface area contributed by atoms with Gasteiger partial charge in [-0.15, -0.1) is 0 Å². The molecule has 8 heteroatoms. The molecule has 4 aliphatic rings. The van der Waals surface area contributed by atoms with Gasteiger partial charge in [0.1, 0.15) is 17.5 Å². The zero-order chi connectivity index (χ0) is 37.7. The third-order valence-corrected chi connectivity index (χ3v) is 13.0. The molecule has 0 bridgehead atoms. The van der Waals surface area contributed by atoms with Crippen LogP contribution >= 0.6 is 0 Å². The van der Waals surface area contributed by atoms with Crippen LogP contribution in [0.1, 0.15) is 80.9 Å². The highest BCUT2D eigenvalue weighted by molar-refractivity contribution is 6.33. The second-order valence-corrected chi connectivity index (χ2v) is 16.0. The molecule has 3 aromatic carbocycles. The minimum absolute atomic E-state index is 0.0774. The first kappa shape index (κ1) is 35.6. The van der Waals surface area contributed by atoms with Crippen molar-refractivity contribution in [2.75, 3.05) is 0 Å². The Morgan fingerprint density at radius 1 is 0.885 bits per heavy atom. The Labute approximate surface area is 303 Å². The molecular weight excluding hydrogens is 656 g/mol. The standard InChI is InChI=1S/C44H44O8/c1-22(2)34-37(47)32(24(4)45)39(49)44(52)40(50)35-38(48)33-31(23(3)42(35,5)41(51)43(34,44)6)19-18-30(36(33)46)21-25-12-13-29(20-25)28-16-14-27(15-17-28)26-10-8-7-9-11-26/h7-11,13-20,22-23,32,34-35,41,46,51-52H,12,21H2,1-6H3/t23-,32?,34?,35?,41-,42+,43+,44+/m1/s1. The third kappa shape index (κ3) is 4.63. The Hall–Kier alpha value is -4.79. The molecule has 3 aromatic rings. The number of aromatic hydroxyl groups is 1. The van der Waals surface area contributed by atoms with Crippen molar-refractivity contribution in [3.8, 4) is 16.9 Å². The summed E-state index contributed by atoms with van der Waals surface area (Å²) in [6.45, 7) is 9.09. The van der Waals surface area contributed by atoms with Gasteiger partial charge in [-0.25, -0.2) is 0 Å². The number of aliphatic hydroxyl groups is 2. The summed E-state index contributed by atoms with van der Waals surface area (Å²) in [7, 11) is 0. The molecule has 2 fully saturated rings. The summed E-state index contributed by atoms with van der Waals surface area (Å²) in [5.41, 5.74) is -0.395. The van der Waals surface area contributed by atoms with Crippen molar-refractivity contribution in [3.63, 3.8) is 0 Å². The van der Waals surface area contributed by atoms with Crippen LogP contribution in [0.3, 0.4) is 0 Å². The molecule has 0 aromatic heterocycles. The van der Waals surface area contributed by atoms with Crippen molar-refractivity contribution in [3.05, 3.63) is 107 Å². The van der Waals surface area contributed by atoms with E-state index in [0.29, 0.717) is 24.0 Å². The summed E-state index contributed by atoms with van der Waals surface area (Å²) < 4.78 is 0. The van der Waals surface area contributed by atoms with Gasteiger partial charge < -0.3 is 15.3 Å². The van der Waals surface area contributed by atoms with E-state index < -0.39 is 81.0 Å². The van der Waals surface area contributed by atoms with Gasteiger partial charge in [0.15, 0.2) is 28.7 Å². The first-order chi connectivity index (χ1) is 24.5. The number of allylic oxidation sites excluding steroid dienone is 4. The molecule has 2 saturated carbocycles. The molecule has 4 aliphatic carbocycles. The number of aliphatic hydroxyl groups excluding tert-OH is 1. The van der Waals surface area contributed by atoms with Gasteiger partial charge in [-0.05, 0) is 65.0 Å². The fraction of sp³-hybridized carbons (Fsp3) is 0.386. The van der Waals surface area contributed by atoms with E-state index in [1.807, 2.05) is 18.2 Å². The molecular formula is C44H44O8. The van der Waals surface area contributed by atoms with E-state index in [9.17, 15) is 39.3 Å². The van der Waals surface area contributed by atoms with E-state index in [1.165, 1.54) is 6.92 Å². The average Bonchev–Trinajstić information content (AvgIpc) is 3.58. The fourth-order valence-electron chi connectivity index (χ4n) is 10.2. The van der Waals surface area contributed by atoms with Crippen LogP contribution in [0.15, 0.2) is 84.5 Å². The molecule has 8 atom stereocenters. The van der Waals surface area contributed by atoms with Crippen molar-refractivity contribution in [2.45, 2.75) is 72.0 Å². The number of carbonyl (C=O) groups is 5. The van der Waals surface area contributed by atoms with Crippen LogP contribution in [-0.2, 0) is 25.6 Å². The lowest BCUT2D eigenvalue weighted by Gasteiger charge is -2.65. The Morgan fingerprint density at radius 2 is 1.50 bits per heavy atom. The van der Waals surface area contributed by atoms with E-state index in [0.717, 1.165) is 34.8 Å². The highest BCUT2D eigenvalue weighted by Crippen LogP contribution is 2.66. The van der Waals surface area contributed by atoms with Crippen LogP contribution in [0.2, 0.25) is 0 Å². The fourth-order valence-corrected chi connectivity index (χ4v) is 10.2. The molecule has 3 unspecified atom stereocenters. The van der Waals surface area contributed by atoms with E-state index in [4.69, 9.17) is 0 Å². The maximum atomic E-state index is 14.7. The maximum Gasteiger partial charge on any atom is 0.191 e. The number of phenolic OH excluding ortho intramolecular Hbond substituents is 1. The van der Waals surface area contributed by atoms with E-state index in [2.05, 4.69) is 48.6 Å². The monoisotopic (exact) mass is 700 g/mol. The van der Waals surface area contributed by atoms with Crippen molar-refractivity contribution in [1.82, 2.24) is 0 Å². The van der Waals surface area contributed by atoms with Gasteiger partial charge in [0.05, 0.1) is 17.6 Å². The number of phenols is 1. The number of benzene rings is 3. The first-order valence-electron chi connectivity index (χ1n) is 18.0. The summed E-state index contributed by atoms with van der Waals surface area (Å²) in [6, 6.07) is 21.9. The van der Waals surface area contributed by atoms with E-state index in [-0.39, 0.29) is 11.3 Å². The lowest BCUT2D eigenvalue weighted by atomic mass is 9.37. The molecule has 0 amide bonds. The van der Waals surface area contributed by atoms with Gasteiger partial charge in [-0.1, -0.05) is 119 Å². The van der Waals surface area contributed by atoms with Crippen LogP contribution in [0, 0.1) is 34.5 Å². The Kier molecular flexibility index (Phi) is 8.31. The number of Topliss-reactive ketones (excluding diaryl/α,β-unsaturated/α-hetero) is 5. The predicted molar refractivity (Wildman–Crippen MR) is 195 cm³/mol. The average molecular weight is 701 g/mol. The summed E-state index contributed by atoms with van der Waals surface area (Å²) >= 11 is 0. The van der Waals surface area contributed by atoms with Gasteiger partial charge in [0.25, 0.3) is 0 Å². The highest BCUT2D eigenvalue weighted by Gasteiger charge is 2.80. The Bertz CT molecular complexity index is 2120. The van der Waals surface area contributed by atoms with Gasteiger partial charge in [0.2, 0.25) is 0 Å². The normalized spacial score (nSPS) is 32.6. The first-order valence-corrected chi connectivity index (χ1v) is 18.0. The summed E-state index contributed by atoms with van der Waals surface area (Å²) in [5.74, 6) is -11.2. The van der Waals surface area contributed by atoms with Gasteiger partial charge in [-0.3, -0.25) is 24.0 Å². The number of hydrogen-bond acceptors (Lipinski definition) is 8. The predicted octanol–water partition coefficient (Wildman–Crippen LogP) is 6.25. The van der Waals surface area contributed by atoms with Crippen molar-refractivity contribution < 1.29 is 39.3 Å². The van der Waals surface area contributed by atoms with Crippen molar-refractivity contribution >= 4 is 34.5 Å². The SMILES string of the molecule is CC(=O)C1C(=O)C(C(C)C)[C@@]2(C)[C@H](O)[C@]3(C)C(C(=O)c4c(ccc(CC5=CC(c6ccc(-c7ccccc7)cc6)=CC5)c4O)[C@H]3C)C(=O)[C@@]2(O)C1=O. The maximum absolute atomic E-state index is 14.7. The van der Waals surface area contributed by atoms with Crippen LogP contribution in [0.4, 0.5) is 0 Å². The molecule has 52 heavy (non-hydrogen) atoms. The van der Waals surface area contributed by atoms with E-state index in [1.54, 1.807) is 39.8 Å². The number of hydrogen-bond donors (Lipinski definition) is 3. The number of fused-ring (bicyclic) bond motifs is 3. The lowest BCUT2D eigenvalue weighted by Crippen LogP contribution is -2.81. The quantitative estimate of drug-likeness (QED) is 0.256. The minimum atomic E-state index is -2.99. The molecule has 0 radical (unpaired) electrons. The molecule has 0 heterocycles. The zero-order valence-electron chi connectivity index (χ0n) is 30.3. The van der Waals surface area contributed by atoms with Crippen LogP contribution in [-0.4, -0.2) is 55.9 Å². The molecule has 0 spiro atoms. The number of carbonyl (C=O) groups excluding carboxylic acids is 5. The Balaban J connectivity index is 1.24. The third-order valence-electron chi connectivity index (χ3n) is 13.0. The van der Waals surface area contributed by atoms with Crippen molar-refractivity contribution in [2.24, 2.45) is 34.5 Å². The topological polar surface area (TPSA) is 146 Å². The summed E-state index contributed by atoms with van der Waals surface area (Å²) in [5, 5.41) is 36.4. The Morgan fingerprint density at radius 3 is 2.12 bits per heavy atom. The molecule has 268 valence electrons. The molecule has 0 saturated heterocycles. The molecule has 3 N–H and O–H groups in total. The largest absolute Gasteiger partial charge is 0.507 e. The summed E-state index contributed by atoms with van der Waals surface area (Å²) in [4.78, 5) is 69.8. The zero-order valence-corrected chi connectivity index (χ0v) is 30.3. The second kappa shape index (κ2) is 12.1. The summed E-state index contributed by atoms with van der Waals surface area (Å²) in [6.07, 6.45) is 3.47. The van der Waals surface area contributed by atoms with Gasteiger partial charge in [-0.2, -0.15) is 0 Å². The molecule has 0 aliphatic heterocycles.